The van der Waals surface area contributed by atoms with Crippen molar-refractivity contribution < 1.29 is 9.53 Å². The van der Waals surface area contributed by atoms with E-state index in [0.29, 0.717) is 38.3 Å². The number of rotatable bonds is 6. The Labute approximate surface area is 229 Å². The Hall–Kier alpha value is -3.66. The smallest absolute Gasteiger partial charge is 0.318 e. The average molecular weight is 531 g/mol. The summed E-state index contributed by atoms with van der Waals surface area (Å²) in [7, 11) is 2.16. The van der Waals surface area contributed by atoms with Gasteiger partial charge >= 0.3 is 6.01 Å². The van der Waals surface area contributed by atoms with E-state index in [4.69, 9.17) is 14.7 Å². The number of aromatic nitrogens is 4. The molecule has 0 spiro atoms. The number of carbonyl (C=O) groups excluding carboxylic acids is 1. The van der Waals surface area contributed by atoms with Crippen molar-refractivity contribution >= 4 is 28.3 Å². The van der Waals surface area contributed by atoms with Crippen molar-refractivity contribution in [2.75, 3.05) is 62.7 Å². The molecule has 2 saturated heterocycles. The van der Waals surface area contributed by atoms with Gasteiger partial charge in [0.15, 0.2) is 0 Å². The van der Waals surface area contributed by atoms with Crippen LogP contribution in [0.15, 0.2) is 31.0 Å². The number of aromatic amines is 1. The Morgan fingerprint density at radius 2 is 1.97 bits per heavy atom. The van der Waals surface area contributed by atoms with Gasteiger partial charge in [0.25, 0.3) is 0 Å². The van der Waals surface area contributed by atoms with Crippen molar-refractivity contribution in [1.82, 2.24) is 30.0 Å². The molecular formula is C29H38N8O2. The highest BCUT2D eigenvalue weighted by atomic mass is 16.5. The number of hydrogen-bond acceptors (Lipinski definition) is 8. The van der Waals surface area contributed by atoms with Crippen LogP contribution in [-0.2, 0) is 17.8 Å². The third-order valence-electron chi connectivity index (χ3n) is 8.50. The SMILES string of the molecule is C=CC(=O)N1CCN(c2nc(OC[C@@H]3CCCN3C)nc3c2CCCN(c2c(C)ccc4[nH]ncc24)C3)CC1. The molecule has 10 nitrogen and oxygen atoms in total. The molecule has 0 radical (unpaired) electrons. The molecule has 206 valence electrons. The molecule has 3 aromatic rings. The van der Waals surface area contributed by atoms with E-state index in [-0.39, 0.29) is 5.91 Å². The van der Waals surface area contributed by atoms with Crippen molar-refractivity contribution in [1.29, 1.82) is 0 Å². The number of anilines is 2. The highest BCUT2D eigenvalue weighted by Crippen LogP contribution is 2.35. The van der Waals surface area contributed by atoms with Crippen LogP contribution in [0.2, 0.25) is 0 Å². The first-order chi connectivity index (χ1) is 19.0. The molecule has 2 fully saturated rings. The monoisotopic (exact) mass is 530 g/mol. The third-order valence-corrected chi connectivity index (χ3v) is 8.50. The van der Waals surface area contributed by atoms with Crippen LogP contribution in [-0.4, -0.2) is 94.8 Å². The number of nitrogens with zero attached hydrogens (tertiary/aromatic N) is 7. The van der Waals surface area contributed by atoms with Gasteiger partial charge in [0.05, 0.1) is 29.6 Å². The van der Waals surface area contributed by atoms with E-state index in [0.717, 1.165) is 67.9 Å². The predicted molar refractivity (Wildman–Crippen MR) is 152 cm³/mol. The summed E-state index contributed by atoms with van der Waals surface area (Å²) in [6.07, 6.45) is 7.55. The van der Waals surface area contributed by atoms with E-state index >= 15 is 0 Å². The Balaban J connectivity index is 1.33. The number of hydrogen-bond donors (Lipinski definition) is 1. The fourth-order valence-electron chi connectivity index (χ4n) is 6.27. The number of piperazine rings is 1. The van der Waals surface area contributed by atoms with Crippen molar-refractivity contribution in [2.24, 2.45) is 0 Å². The lowest BCUT2D eigenvalue weighted by molar-refractivity contribution is -0.126. The van der Waals surface area contributed by atoms with Gasteiger partial charge in [0, 0.05) is 49.7 Å². The standard InChI is InChI=1S/C29H38N8O2/c1-4-26(38)35-13-15-36(16-14-35)28-22-8-6-12-37(27-20(2)9-10-24-23(27)17-30-33-24)18-25(22)31-29(32-28)39-19-21-7-5-11-34(21)3/h4,9-10,17,21H,1,5-8,11-16,18-19H2,2-3H3,(H,30,33)/t21-/m0/s1. The van der Waals surface area contributed by atoms with Crippen LogP contribution in [0.25, 0.3) is 10.9 Å². The normalized spacial score (nSPS) is 20.3. The fourth-order valence-corrected chi connectivity index (χ4v) is 6.27. The van der Waals surface area contributed by atoms with E-state index in [9.17, 15) is 4.79 Å². The number of H-pyrrole nitrogens is 1. The topological polar surface area (TPSA) is 93.7 Å². The number of amides is 1. The Bertz CT molecular complexity index is 1360. The molecule has 5 heterocycles. The number of likely N-dealkylation sites (N-methyl/N-ethyl adjacent to an activating group) is 1. The predicted octanol–water partition coefficient (Wildman–Crippen LogP) is 2.92. The lowest BCUT2D eigenvalue weighted by atomic mass is 10.1. The second kappa shape index (κ2) is 10.8. The lowest BCUT2D eigenvalue weighted by Gasteiger charge is -2.36. The molecule has 10 heteroatoms. The molecule has 1 N–H and O–H groups in total. The highest BCUT2D eigenvalue weighted by molar-refractivity contribution is 5.93. The summed E-state index contributed by atoms with van der Waals surface area (Å²) in [5.41, 5.74) is 5.70. The van der Waals surface area contributed by atoms with Gasteiger partial charge < -0.3 is 24.3 Å². The van der Waals surface area contributed by atoms with Crippen LogP contribution < -0.4 is 14.5 Å². The van der Waals surface area contributed by atoms with Gasteiger partial charge in [-0.1, -0.05) is 12.6 Å². The molecule has 0 saturated carbocycles. The number of ether oxygens (including phenoxy) is 1. The molecule has 2 aromatic heterocycles. The molecule has 0 aliphatic carbocycles. The molecule has 6 rings (SSSR count). The number of fused-ring (bicyclic) bond motifs is 2. The average Bonchev–Trinajstić information content (AvgIpc) is 3.54. The maximum absolute atomic E-state index is 12.2. The minimum absolute atomic E-state index is 0.0136. The first kappa shape index (κ1) is 25.6. The zero-order valence-electron chi connectivity index (χ0n) is 23.0. The van der Waals surface area contributed by atoms with Gasteiger partial charge in [-0.15, -0.1) is 0 Å². The fraction of sp³-hybridized carbons (Fsp3) is 0.517. The third kappa shape index (κ3) is 5.05. The zero-order chi connectivity index (χ0) is 26.9. The van der Waals surface area contributed by atoms with E-state index in [1.165, 1.54) is 29.3 Å². The molecule has 0 unspecified atom stereocenters. The lowest BCUT2D eigenvalue weighted by Crippen LogP contribution is -2.49. The van der Waals surface area contributed by atoms with Crippen molar-refractivity contribution in [3.63, 3.8) is 0 Å². The molecule has 1 atom stereocenters. The summed E-state index contributed by atoms with van der Waals surface area (Å²) in [4.78, 5) is 31.2. The molecule has 1 aromatic carbocycles. The van der Waals surface area contributed by atoms with Crippen molar-refractivity contribution in [3.8, 4) is 6.01 Å². The van der Waals surface area contributed by atoms with E-state index in [1.54, 1.807) is 0 Å². The summed E-state index contributed by atoms with van der Waals surface area (Å²) in [5, 5.41) is 8.56. The van der Waals surface area contributed by atoms with E-state index in [2.05, 4.69) is 57.6 Å². The molecular weight excluding hydrogens is 492 g/mol. The van der Waals surface area contributed by atoms with Gasteiger partial charge in [0.1, 0.15) is 12.4 Å². The van der Waals surface area contributed by atoms with Crippen LogP contribution in [0.3, 0.4) is 0 Å². The maximum atomic E-state index is 12.2. The first-order valence-corrected chi connectivity index (χ1v) is 14.1. The summed E-state index contributed by atoms with van der Waals surface area (Å²) in [6, 6.07) is 5.09. The maximum Gasteiger partial charge on any atom is 0.318 e. The van der Waals surface area contributed by atoms with Crippen LogP contribution in [0, 0.1) is 6.92 Å². The second-order valence-corrected chi connectivity index (χ2v) is 10.9. The second-order valence-electron chi connectivity index (χ2n) is 10.9. The van der Waals surface area contributed by atoms with Gasteiger partial charge in [-0.3, -0.25) is 9.89 Å². The molecule has 3 aliphatic heterocycles. The molecule has 1 amide bonds. The van der Waals surface area contributed by atoms with Gasteiger partial charge in [-0.05, 0) is 63.9 Å². The molecule has 3 aliphatic rings. The van der Waals surface area contributed by atoms with Crippen LogP contribution in [0.5, 0.6) is 6.01 Å². The largest absolute Gasteiger partial charge is 0.462 e. The van der Waals surface area contributed by atoms with Crippen molar-refractivity contribution in [3.05, 3.63) is 47.8 Å². The number of aryl methyl sites for hydroxylation is 1. The van der Waals surface area contributed by atoms with Gasteiger partial charge in [0.2, 0.25) is 5.91 Å². The van der Waals surface area contributed by atoms with Crippen LogP contribution in [0.4, 0.5) is 11.5 Å². The molecule has 39 heavy (non-hydrogen) atoms. The summed E-state index contributed by atoms with van der Waals surface area (Å²) in [5.74, 6) is 0.945. The molecule has 0 bridgehead atoms. The summed E-state index contributed by atoms with van der Waals surface area (Å²) in [6.45, 7) is 11.9. The van der Waals surface area contributed by atoms with Crippen LogP contribution in [0.1, 0.15) is 36.1 Å². The van der Waals surface area contributed by atoms with E-state index in [1.807, 2.05) is 11.1 Å². The summed E-state index contributed by atoms with van der Waals surface area (Å²) >= 11 is 0. The minimum atomic E-state index is -0.0136. The summed E-state index contributed by atoms with van der Waals surface area (Å²) < 4.78 is 6.30. The number of benzene rings is 1. The highest BCUT2D eigenvalue weighted by Gasteiger charge is 2.29. The van der Waals surface area contributed by atoms with Gasteiger partial charge in [-0.2, -0.15) is 15.1 Å². The minimum Gasteiger partial charge on any atom is -0.462 e. The first-order valence-electron chi connectivity index (χ1n) is 14.1. The van der Waals surface area contributed by atoms with Crippen molar-refractivity contribution in [2.45, 2.75) is 45.2 Å². The van der Waals surface area contributed by atoms with E-state index < -0.39 is 0 Å². The number of nitrogens with one attached hydrogen (secondary N) is 1. The Kier molecular flexibility index (Phi) is 7.12. The Morgan fingerprint density at radius 1 is 1.13 bits per heavy atom. The van der Waals surface area contributed by atoms with Crippen LogP contribution >= 0.6 is 0 Å². The Morgan fingerprint density at radius 3 is 2.74 bits per heavy atom. The zero-order valence-corrected chi connectivity index (χ0v) is 23.0. The quantitative estimate of drug-likeness (QED) is 0.487. The van der Waals surface area contributed by atoms with Gasteiger partial charge in [-0.25, -0.2) is 0 Å². The number of likely N-dealkylation sites (tertiary alicyclic amines) is 1. The number of carbonyl (C=O) groups is 1.